The van der Waals surface area contributed by atoms with Crippen LogP contribution >= 0.6 is 0 Å². The Labute approximate surface area is 92.6 Å². The van der Waals surface area contributed by atoms with Crippen molar-refractivity contribution in [2.75, 3.05) is 33.2 Å². The Morgan fingerprint density at radius 2 is 2.00 bits per heavy atom. The minimum Gasteiger partial charge on any atom is -0.355 e. The van der Waals surface area contributed by atoms with Gasteiger partial charge in [-0.3, -0.25) is 9.69 Å². The summed E-state index contributed by atoms with van der Waals surface area (Å²) in [5, 5.41) is 2.85. The van der Waals surface area contributed by atoms with Crippen molar-refractivity contribution in [2.45, 2.75) is 32.9 Å². The van der Waals surface area contributed by atoms with Crippen molar-refractivity contribution < 1.29 is 4.79 Å². The first-order chi connectivity index (χ1) is 7.00. The van der Waals surface area contributed by atoms with Gasteiger partial charge in [0.15, 0.2) is 0 Å². The SMILES string of the molecule is CC(=O)NCCN1C[C@@H](C)N(C)C[C@@H]1C. The van der Waals surface area contributed by atoms with Crippen molar-refractivity contribution >= 4 is 5.91 Å². The zero-order chi connectivity index (χ0) is 11.4. The molecule has 15 heavy (non-hydrogen) atoms. The second-order valence-corrected chi connectivity index (χ2v) is 4.62. The Morgan fingerprint density at radius 3 is 2.60 bits per heavy atom. The number of rotatable bonds is 3. The van der Waals surface area contributed by atoms with Crippen LogP contribution in [0.15, 0.2) is 0 Å². The monoisotopic (exact) mass is 213 g/mol. The molecule has 0 aliphatic carbocycles. The highest BCUT2D eigenvalue weighted by Gasteiger charge is 2.25. The summed E-state index contributed by atoms with van der Waals surface area (Å²) < 4.78 is 0. The zero-order valence-corrected chi connectivity index (χ0v) is 10.3. The van der Waals surface area contributed by atoms with E-state index >= 15 is 0 Å². The molecule has 0 spiro atoms. The standard InChI is InChI=1S/C11H23N3O/c1-9-8-14(6-5-12-11(3)15)10(2)7-13(9)4/h9-10H,5-8H2,1-4H3,(H,12,15)/t9-,10+/m1/s1. The molecule has 1 N–H and O–H groups in total. The lowest BCUT2D eigenvalue weighted by molar-refractivity contribution is -0.119. The predicted molar refractivity (Wildman–Crippen MR) is 61.8 cm³/mol. The summed E-state index contributed by atoms with van der Waals surface area (Å²) in [6.45, 7) is 9.98. The molecular weight excluding hydrogens is 190 g/mol. The van der Waals surface area contributed by atoms with Gasteiger partial charge in [-0.25, -0.2) is 0 Å². The van der Waals surface area contributed by atoms with Gasteiger partial charge in [-0.05, 0) is 20.9 Å². The van der Waals surface area contributed by atoms with E-state index < -0.39 is 0 Å². The topological polar surface area (TPSA) is 35.6 Å². The Morgan fingerprint density at radius 1 is 1.33 bits per heavy atom. The van der Waals surface area contributed by atoms with Crippen molar-refractivity contribution in [3.63, 3.8) is 0 Å². The second kappa shape index (κ2) is 5.47. The molecule has 1 saturated heterocycles. The number of likely N-dealkylation sites (N-methyl/N-ethyl adjacent to an activating group) is 1. The third-order valence-corrected chi connectivity index (χ3v) is 3.20. The second-order valence-electron chi connectivity index (χ2n) is 4.62. The number of hydrogen-bond acceptors (Lipinski definition) is 3. The van der Waals surface area contributed by atoms with Gasteiger partial charge in [-0.15, -0.1) is 0 Å². The molecule has 88 valence electrons. The third-order valence-electron chi connectivity index (χ3n) is 3.20. The van der Waals surface area contributed by atoms with E-state index in [-0.39, 0.29) is 5.91 Å². The average molecular weight is 213 g/mol. The molecule has 0 aromatic carbocycles. The highest BCUT2D eigenvalue weighted by Crippen LogP contribution is 2.12. The Balaban J connectivity index is 2.31. The lowest BCUT2D eigenvalue weighted by atomic mass is 10.1. The van der Waals surface area contributed by atoms with Gasteiger partial charge in [0.05, 0.1) is 0 Å². The number of nitrogens with one attached hydrogen (secondary N) is 1. The van der Waals surface area contributed by atoms with Gasteiger partial charge in [0.2, 0.25) is 5.91 Å². The van der Waals surface area contributed by atoms with Crippen LogP contribution in [0, 0.1) is 0 Å². The Bertz CT molecular complexity index is 220. The molecule has 2 atom stereocenters. The van der Waals surface area contributed by atoms with Crippen LogP contribution < -0.4 is 5.32 Å². The van der Waals surface area contributed by atoms with Crippen LogP contribution in [0.3, 0.4) is 0 Å². The Kier molecular flexibility index (Phi) is 4.54. The van der Waals surface area contributed by atoms with E-state index in [1.807, 2.05) is 0 Å². The number of carbonyl (C=O) groups is 1. The number of piperazine rings is 1. The highest BCUT2D eigenvalue weighted by molar-refractivity contribution is 5.72. The van der Waals surface area contributed by atoms with Crippen LogP contribution in [-0.2, 0) is 4.79 Å². The van der Waals surface area contributed by atoms with Gasteiger partial charge < -0.3 is 10.2 Å². The summed E-state index contributed by atoms with van der Waals surface area (Å²) >= 11 is 0. The number of hydrogen-bond donors (Lipinski definition) is 1. The van der Waals surface area contributed by atoms with Crippen LogP contribution in [0.5, 0.6) is 0 Å². The van der Waals surface area contributed by atoms with Crippen LogP contribution in [0.2, 0.25) is 0 Å². The molecular formula is C11H23N3O. The minimum atomic E-state index is 0.0600. The molecule has 0 unspecified atom stereocenters. The van der Waals surface area contributed by atoms with E-state index in [1.165, 1.54) is 0 Å². The first-order valence-electron chi connectivity index (χ1n) is 5.69. The van der Waals surface area contributed by atoms with Gasteiger partial charge in [-0.2, -0.15) is 0 Å². The Hall–Kier alpha value is -0.610. The average Bonchev–Trinajstić information content (AvgIpc) is 2.13. The quantitative estimate of drug-likeness (QED) is 0.725. The predicted octanol–water partition coefficient (Wildman–Crippen LogP) is 0.147. The zero-order valence-electron chi connectivity index (χ0n) is 10.3. The van der Waals surface area contributed by atoms with E-state index in [1.54, 1.807) is 6.92 Å². The molecule has 1 rings (SSSR count). The molecule has 1 aliphatic rings. The van der Waals surface area contributed by atoms with Crippen molar-refractivity contribution in [1.29, 1.82) is 0 Å². The van der Waals surface area contributed by atoms with Crippen LogP contribution in [0.25, 0.3) is 0 Å². The molecule has 1 heterocycles. The van der Waals surface area contributed by atoms with E-state index in [9.17, 15) is 4.79 Å². The smallest absolute Gasteiger partial charge is 0.216 e. The summed E-state index contributed by atoms with van der Waals surface area (Å²) in [5.74, 6) is 0.0600. The van der Waals surface area contributed by atoms with Gasteiger partial charge in [0, 0.05) is 45.2 Å². The maximum absolute atomic E-state index is 10.7. The largest absolute Gasteiger partial charge is 0.355 e. The first-order valence-corrected chi connectivity index (χ1v) is 5.69. The van der Waals surface area contributed by atoms with Crippen molar-refractivity contribution in [3.05, 3.63) is 0 Å². The number of carbonyl (C=O) groups excluding carboxylic acids is 1. The van der Waals surface area contributed by atoms with E-state index in [4.69, 9.17) is 0 Å². The van der Waals surface area contributed by atoms with Crippen molar-refractivity contribution in [2.24, 2.45) is 0 Å². The highest BCUT2D eigenvalue weighted by atomic mass is 16.1. The summed E-state index contributed by atoms with van der Waals surface area (Å²) in [4.78, 5) is 15.6. The maximum atomic E-state index is 10.7. The molecule has 0 saturated carbocycles. The molecule has 4 nitrogen and oxygen atoms in total. The normalized spacial score (nSPS) is 29.1. The van der Waals surface area contributed by atoms with E-state index in [0.29, 0.717) is 12.1 Å². The molecule has 0 aromatic rings. The molecule has 4 heteroatoms. The molecule has 1 fully saturated rings. The van der Waals surface area contributed by atoms with Crippen molar-refractivity contribution in [1.82, 2.24) is 15.1 Å². The fourth-order valence-corrected chi connectivity index (χ4v) is 2.06. The van der Waals surface area contributed by atoms with Crippen LogP contribution in [0.4, 0.5) is 0 Å². The maximum Gasteiger partial charge on any atom is 0.216 e. The van der Waals surface area contributed by atoms with Gasteiger partial charge in [0.25, 0.3) is 0 Å². The van der Waals surface area contributed by atoms with Crippen LogP contribution in [-0.4, -0.2) is 61.0 Å². The number of nitrogens with zero attached hydrogens (tertiary/aromatic N) is 2. The van der Waals surface area contributed by atoms with Gasteiger partial charge >= 0.3 is 0 Å². The number of amides is 1. The van der Waals surface area contributed by atoms with Crippen molar-refractivity contribution in [3.8, 4) is 0 Å². The van der Waals surface area contributed by atoms with Gasteiger partial charge in [0.1, 0.15) is 0 Å². The first kappa shape index (κ1) is 12.5. The van der Waals surface area contributed by atoms with Crippen LogP contribution in [0.1, 0.15) is 20.8 Å². The lowest BCUT2D eigenvalue weighted by Crippen LogP contribution is -2.56. The van der Waals surface area contributed by atoms with E-state index in [2.05, 4.69) is 36.0 Å². The van der Waals surface area contributed by atoms with E-state index in [0.717, 1.165) is 26.2 Å². The summed E-state index contributed by atoms with van der Waals surface area (Å²) in [6.07, 6.45) is 0. The molecule has 1 aliphatic heterocycles. The van der Waals surface area contributed by atoms with Gasteiger partial charge in [-0.1, -0.05) is 0 Å². The minimum absolute atomic E-state index is 0.0600. The molecule has 1 amide bonds. The summed E-state index contributed by atoms with van der Waals surface area (Å²) in [5.41, 5.74) is 0. The molecule has 0 radical (unpaired) electrons. The molecule has 0 bridgehead atoms. The lowest BCUT2D eigenvalue weighted by Gasteiger charge is -2.42. The third kappa shape index (κ3) is 3.80. The fourth-order valence-electron chi connectivity index (χ4n) is 2.06. The fraction of sp³-hybridized carbons (Fsp3) is 0.909. The molecule has 0 aromatic heterocycles. The summed E-state index contributed by atoms with van der Waals surface area (Å²) in [6, 6.07) is 1.19. The summed E-state index contributed by atoms with van der Waals surface area (Å²) in [7, 11) is 2.17.